The number of hydrogen-bond acceptors (Lipinski definition) is 3. The molecule has 1 fully saturated rings. The summed E-state index contributed by atoms with van der Waals surface area (Å²) in [4.78, 5) is 2.43. The lowest BCUT2D eigenvalue weighted by Gasteiger charge is -2.42. The standard InChI is InChI=1S/C15H23ClN2O.ClH/c1-15(2)10-18(7-6-14(15)17)9-11-4-5-12(19-3)8-13(11)16;/h4-5,8,14H,6-7,9-10,17H2,1-3H3;1H. The third kappa shape index (κ3) is 4.01. The number of ether oxygens (including phenoxy) is 1. The van der Waals surface area contributed by atoms with Crippen LogP contribution in [0.4, 0.5) is 0 Å². The van der Waals surface area contributed by atoms with Gasteiger partial charge in [-0.2, -0.15) is 0 Å². The van der Waals surface area contributed by atoms with Gasteiger partial charge in [-0.3, -0.25) is 4.90 Å². The first kappa shape index (κ1) is 17.6. The van der Waals surface area contributed by atoms with Crippen molar-refractivity contribution in [1.29, 1.82) is 0 Å². The Kier molecular flexibility index (Phi) is 6.14. The minimum absolute atomic E-state index is 0. The van der Waals surface area contributed by atoms with E-state index in [9.17, 15) is 0 Å². The van der Waals surface area contributed by atoms with Crippen molar-refractivity contribution in [3.63, 3.8) is 0 Å². The Hall–Kier alpha value is -0.480. The van der Waals surface area contributed by atoms with Crippen molar-refractivity contribution < 1.29 is 4.74 Å². The fourth-order valence-corrected chi connectivity index (χ4v) is 2.87. The van der Waals surface area contributed by atoms with Gasteiger partial charge in [0.1, 0.15) is 5.75 Å². The Morgan fingerprint density at radius 2 is 2.15 bits per heavy atom. The van der Waals surface area contributed by atoms with Crippen LogP contribution in [0.15, 0.2) is 18.2 Å². The second kappa shape index (κ2) is 6.99. The highest BCUT2D eigenvalue weighted by molar-refractivity contribution is 6.31. The number of piperidine rings is 1. The summed E-state index contributed by atoms with van der Waals surface area (Å²) >= 11 is 6.30. The van der Waals surface area contributed by atoms with Gasteiger partial charge >= 0.3 is 0 Å². The summed E-state index contributed by atoms with van der Waals surface area (Å²) in [5, 5.41) is 0.770. The van der Waals surface area contributed by atoms with E-state index in [-0.39, 0.29) is 23.9 Å². The average molecular weight is 319 g/mol. The van der Waals surface area contributed by atoms with Crippen LogP contribution in [0.5, 0.6) is 5.75 Å². The van der Waals surface area contributed by atoms with Crippen LogP contribution in [-0.2, 0) is 6.54 Å². The van der Waals surface area contributed by atoms with Gasteiger partial charge in [0.2, 0.25) is 0 Å². The molecule has 0 spiro atoms. The average Bonchev–Trinajstić information content (AvgIpc) is 2.36. The lowest BCUT2D eigenvalue weighted by molar-refractivity contribution is 0.0899. The molecule has 0 amide bonds. The van der Waals surface area contributed by atoms with E-state index in [1.54, 1.807) is 7.11 Å². The molecule has 0 radical (unpaired) electrons. The zero-order chi connectivity index (χ0) is 14.0. The van der Waals surface area contributed by atoms with E-state index < -0.39 is 0 Å². The van der Waals surface area contributed by atoms with E-state index in [4.69, 9.17) is 22.1 Å². The monoisotopic (exact) mass is 318 g/mol. The third-order valence-electron chi connectivity index (χ3n) is 4.05. The second-order valence-corrected chi connectivity index (χ2v) is 6.46. The van der Waals surface area contributed by atoms with Crippen LogP contribution in [0.2, 0.25) is 5.02 Å². The van der Waals surface area contributed by atoms with Crippen molar-refractivity contribution in [3.8, 4) is 5.75 Å². The fraction of sp³-hybridized carbons (Fsp3) is 0.600. The largest absolute Gasteiger partial charge is 0.497 e. The summed E-state index contributed by atoms with van der Waals surface area (Å²) < 4.78 is 5.17. The molecule has 5 heteroatoms. The first-order valence-corrected chi connectivity index (χ1v) is 7.10. The Morgan fingerprint density at radius 3 is 2.70 bits per heavy atom. The fourth-order valence-electron chi connectivity index (χ4n) is 2.64. The zero-order valence-electron chi connectivity index (χ0n) is 12.4. The van der Waals surface area contributed by atoms with Crippen LogP contribution < -0.4 is 10.5 Å². The molecule has 3 nitrogen and oxygen atoms in total. The lowest BCUT2D eigenvalue weighted by atomic mass is 9.79. The molecule has 0 bridgehead atoms. The van der Waals surface area contributed by atoms with E-state index >= 15 is 0 Å². The normalized spacial score (nSPS) is 22.1. The summed E-state index contributed by atoms with van der Waals surface area (Å²) in [5.74, 6) is 0.801. The summed E-state index contributed by atoms with van der Waals surface area (Å²) in [5.41, 5.74) is 7.48. The number of likely N-dealkylation sites (tertiary alicyclic amines) is 1. The Bertz CT molecular complexity index is 451. The van der Waals surface area contributed by atoms with Crippen molar-refractivity contribution in [2.24, 2.45) is 11.1 Å². The summed E-state index contributed by atoms with van der Waals surface area (Å²) in [6.45, 7) is 7.39. The maximum atomic E-state index is 6.30. The van der Waals surface area contributed by atoms with Gasteiger partial charge in [0, 0.05) is 30.7 Å². The molecule has 1 heterocycles. The Labute approximate surface area is 132 Å². The number of nitrogens with two attached hydrogens (primary N) is 1. The molecular weight excluding hydrogens is 295 g/mol. The molecule has 1 aromatic rings. The van der Waals surface area contributed by atoms with E-state index in [0.29, 0.717) is 0 Å². The summed E-state index contributed by atoms with van der Waals surface area (Å²) in [6.07, 6.45) is 1.04. The molecule has 20 heavy (non-hydrogen) atoms. The van der Waals surface area contributed by atoms with Crippen LogP contribution in [0, 0.1) is 5.41 Å². The molecule has 1 aliphatic rings. The molecule has 1 unspecified atom stereocenters. The van der Waals surface area contributed by atoms with Crippen molar-refractivity contribution in [2.75, 3.05) is 20.2 Å². The number of benzene rings is 1. The van der Waals surface area contributed by atoms with Crippen LogP contribution in [0.1, 0.15) is 25.8 Å². The van der Waals surface area contributed by atoms with Gasteiger partial charge in [-0.1, -0.05) is 31.5 Å². The van der Waals surface area contributed by atoms with Crippen LogP contribution >= 0.6 is 24.0 Å². The lowest BCUT2D eigenvalue weighted by Crippen LogP contribution is -2.52. The molecule has 1 atom stereocenters. The molecule has 2 N–H and O–H groups in total. The predicted molar refractivity (Wildman–Crippen MR) is 86.9 cm³/mol. The molecule has 2 rings (SSSR count). The van der Waals surface area contributed by atoms with Gasteiger partial charge in [0.05, 0.1) is 7.11 Å². The van der Waals surface area contributed by atoms with Gasteiger partial charge in [0.25, 0.3) is 0 Å². The number of methoxy groups -OCH3 is 1. The van der Waals surface area contributed by atoms with Gasteiger partial charge in [-0.05, 0) is 29.5 Å². The van der Waals surface area contributed by atoms with Crippen molar-refractivity contribution >= 4 is 24.0 Å². The first-order valence-electron chi connectivity index (χ1n) is 6.73. The highest BCUT2D eigenvalue weighted by atomic mass is 35.5. The molecular formula is C15H24Cl2N2O. The molecule has 1 aromatic carbocycles. The minimum Gasteiger partial charge on any atom is -0.497 e. The molecule has 0 aliphatic carbocycles. The SMILES string of the molecule is COc1ccc(CN2CCC(N)C(C)(C)C2)c(Cl)c1.Cl. The highest BCUT2D eigenvalue weighted by Gasteiger charge is 2.33. The number of nitrogens with zero attached hydrogens (tertiary/aromatic N) is 1. The maximum absolute atomic E-state index is 6.30. The number of hydrogen-bond donors (Lipinski definition) is 1. The van der Waals surface area contributed by atoms with Crippen LogP contribution in [0.25, 0.3) is 0 Å². The minimum atomic E-state index is 0. The van der Waals surface area contributed by atoms with E-state index in [2.05, 4.69) is 18.7 Å². The highest BCUT2D eigenvalue weighted by Crippen LogP contribution is 2.30. The number of halogens is 2. The van der Waals surface area contributed by atoms with Crippen LogP contribution in [0.3, 0.4) is 0 Å². The summed E-state index contributed by atoms with van der Waals surface area (Å²) in [7, 11) is 1.65. The van der Waals surface area contributed by atoms with Crippen molar-refractivity contribution in [3.05, 3.63) is 28.8 Å². The van der Waals surface area contributed by atoms with E-state index in [0.717, 1.165) is 42.4 Å². The van der Waals surface area contributed by atoms with E-state index in [1.807, 2.05) is 18.2 Å². The molecule has 1 aliphatic heterocycles. The maximum Gasteiger partial charge on any atom is 0.120 e. The molecule has 0 saturated carbocycles. The van der Waals surface area contributed by atoms with Gasteiger partial charge in [-0.15, -0.1) is 12.4 Å². The zero-order valence-corrected chi connectivity index (χ0v) is 13.9. The van der Waals surface area contributed by atoms with Crippen molar-refractivity contribution in [1.82, 2.24) is 4.90 Å². The molecule has 0 aromatic heterocycles. The van der Waals surface area contributed by atoms with Crippen LogP contribution in [-0.4, -0.2) is 31.1 Å². The predicted octanol–water partition coefficient (Wildman–Crippen LogP) is 3.33. The topological polar surface area (TPSA) is 38.5 Å². The van der Waals surface area contributed by atoms with Gasteiger partial charge in [-0.25, -0.2) is 0 Å². The quantitative estimate of drug-likeness (QED) is 0.929. The Balaban J connectivity index is 0.00000200. The smallest absolute Gasteiger partial charge is 0.120 e. The van der Waals surface area contributed by atoms with Crippen molar-refractivity contribution in [2.45, 2.75) is 32.9 Å². The first-order chi connectivity index (χ1) is 8.92. The van der Waals surface area contributed by atoms with E-state index in [1.165, 1.54) is 0 Å². The molecule has 1 saturated heterocycles. The third-order valence-corrected chi connectivity index (χ3v) is 4.40. The van der Waals surface area contributed by atoms with Gasteiger partial charge in [0.15, 0.2) is 0 Å². The molecule has 114 valence electrons. The summed E-state index contributed by atoms with van der Waals surface area (Å²) in [6, 6.07) is 6.16. The Morgan fingerprint density at radius 1 is 1.45 bits per heavy atom. The second-order valence-electron chi connectivity index (χ2n) is 6.05. The number of rotatable bonds is 3. The van der Waals surface area contributed by atoms with Gasteiger partial charge < -0.3 is 10.5 Å².